The maximum Gasteiger partial charge on any atom is 0.348 e. The number of oxime groups is 1. The number of ether oxygens (including phenoxy) is 1. The third-order valence-electron chi connectivity index (χ3n) is 5.50. The van der Waals surface area contributed by atoms with Crippen molar-refractivity contribution in [2.45, 2.75) is 42.6 Å². The molecule has 4 rings (SSSR count). The number of hydrogen-bond donors (Lipinski definition) is 1. The number of nitrogens with zero attached hydrogens (tertiary/aromatic N) is 1. The van der Waals surface area contributed by atoms with Crippen LogP contribution < -0.4 is 0 Å². The Morgan fingerprint density at radius 3 is 2.58 bits per heavy atom. The lowest BCUT2D eigenvalue weighted by Gasteiger charge is -2.25. The molecule has 6 heteroatoms. The van der Waals surface area contributed by atoms with E-state index in [9.17, 15) is 10.0 Å². The largest absolute Gasteiger partial charge is 0.462 e. The number of thiophene rings is 1. The minimum atomic E-state index is -0.294. The quantitative estimate of drug-likeness (QED) is 0.203. The maximum atomic E-state index is 12.8. The molecule has 1 aliphatic rings. The van der Waals surface area contributed by atoms with Crippen LogP contribution in [0.25, 0.3) is 0 Å². The van der Waals surface area contributed by atoms with Crippen molar-refractivity contribution in [3.05, 3.63) is 87.3 Å². The number of aryl methyl sites for hydroxylation is 1. The van der Waals surface area contributed by atoms with E-state index in [1.807, 2.05) is 25.1 Å². The molecule has 0 spiro atoms. The Labute approximate surface area is 191 Å². The van der Waals surface area contributed by atoms with Gasteiger partial charge in [0.25, 0.3) is 0 Å². The number of fused-ring (bicyclic) bond motifs is 1. The number of hydrogen-bond acceptors (Lipinski definition) is 6. The predicted octanol–water partition coefficient (Wildman–Crippen LogP) is 6.43. The molecule has 1 atom stereocenters. The molecule has 0 fully saturated rings. The highest BCUT2D eigenvalue weighted by molar-refractivity contribution is 8.00. The Hall–Kier alpha value is -2.57. The zero-order valence-corrected chi connectivity index (χ0v) is 19.3. The average Bonchev–Trinajstić information content (AvgIpc) is 3.17. The summed E-state index contributed by atoms with van der Waals surface area (Å²) in [6, 6.07) is 18.7. The molecule has 1 aromatic heterocycles. The summed E-state index contributed by atoms with van der Waals surface area (Å²) < 4.78 is 6.37. The van der Waals surface area contributed by atoms with E-state index in [0.29, 0.717) is 23.6 Å². The average molecular weight is 452 g/mol. The number of carbonyl (C=O) groups excluding carboxylic acids is 1. The summed E-state index contributed by atoms with van der Waals surface area (Å²) in [7, 11) is 0. The maximum absolute atomic E-state index is 12.8. The van der Waals surface area contributed by atoms with E-state index in [0.717, 1.165) is 27.5 Å². The van der Waals surface area contributed by atoms with Crippen LogP contribution in [0.3, 0.4) is 0 Å². The van der Waals surface area contributed by atoms with Crippen LogP contribution in [0.2, 0.25) is 0 Å². The Balaban J connectivity index is 1.72. The van der Waals surface area contributed by atoms with E-state index in [1.165, 1.54) is 28.0 Å². The Morgan fingerprint density at radius 2 is 1.90 bits per heavy atom. The van der Waals surface area contributed by atoms with Crippen LogP contribution in [-0.2, 0) is 16.9 Å². The first-order valence-electron chi connectivity index (χ1n) is 10.4. The van der Waals surface area contributed by atoms with Gasteiger partial charge in [-0.1, -0.05) is 65.3 Å². The summed E-state index contributed by atoms with van der Waals surface area (Å²) in [5, 5.41) is 13.5. The van der Waals surface area contributed by atoms with Gasteiger partial charge in [0, 0.05) is 17.7 Å². The van der Waals surface area contributed by atoms with Crippen LogP contribution in [-0.4, -0.2) is 23.5 Å². The van der Waals surface area contributed by atoms with Crippen molar-refractivity contribution in [1.82, 2.24) is 0 Å². The molecule has 0 bridgehead atoms. The number of carbonyl (C=O) groups is 1. The smallest absolute Gasteiger partial charge is 0.348 e. The van der Waals surface area contributed by atoms with Crippen molar-refractivity contribution in [1.29, 1.82) is 0 Å². The fourth-order valence-corrected chi connectivity index (χ4v) is 6.45. The fraction of sp³-hybridized carbons (Fsp3) is 0.280. The zero-order chi connectivity index (χ0) is 21.8. The fourth-order valence-electron chi connectivity index (χ4n) is 3.93. The molecule has 2 aromatic carbocycles. The van der Waals surface area contributed by atoms with Crippen molar-refractivity contribution in [2.75, 3.05) is 6.61 Å². The van der Waals surface area contributed by atoms with Gasteiger partial charge < -0.3 is 9.94 Å². The Bertz CT molecular complexity index is 1090. The molecule has 0 saturated heterocycles. The first-order chi connectivity index (χ1) is 15.1. The van der Waals surface area contributed by atoms with Gasteiger partial charge in [-0.3, -0.25) is 0 Å². The van der Waals surface area contributed by atoms with Crippen molar-refractivity contribution in [3.8, 4) is 0 Å². The van der Waals surface area contributed by atoms with Crippen molar-refractivity contribution in [2.24, 2.45) is 5.16 Å². The zero-order valence-electron chi connectivity index (χ0n) is 17.6. The van der Waals surface area contributed by atoms with Gasteiger partial charge in [-0.15, -0.1) is 23.1 Å². The van der Waals surface area contributed by atoms with Gasteiger partial charge in [-0.25, -0.2) is 4.79 Å². The van der Waals surface area contributed by atoms with Gasteiger partial charge in [0.2, 0.25) is 0 Å². The summed E-state index contributed by atoms with van der Waals surface area (Å²) in [5.41, 5.74) is 6.12. The van der Waals surface area contributed by atoms with E-state index in [4.69, 9.17) is 4.74 Å². The van der Waals surface area contributed by atoms with Gasteiger partial charge in [0.05, 0.1) is 16.5 Å². The molecule has 4 nitrogen and oxygen atoms in total. The molecule has 1 aliphatic carbocycles. The lowest BCUT2D eigenvalue weighted by atomic mass is 9.79. The van der Waals surface area contributed by atoms with Gasteiger partial charge >= 0.3 is 5.97 Å². The highest BCUT2D eigenvalue weighted by atomic mass is 32.2. The normalized spacial score (nSPS) is 16.8. The van der Waals surface area contributed by atoms with Gasteiger partial charge in [0.15, 0.2) is 0 Å². The second kappa shape index (κ2) is 9.71. The van der Waals surface area contributed by atoms with E-state index in [2.05, 4.69) is 48.5 Å². The molecule has 0 aliphatic heterocycles. The highest BCUT2D eigenvalue weighted by Gasteiger charge is 2.34. The molecule has 3 aromatic rings. The molecule has 0 amide bonds. The summed E-state index contributed by atoms with van der Waals surface area (Å²) in [5.74, 6) is 0.654. The molecule has 31 heavy (non-hydrogen) atoms. The number of rotatable bonds is 6. The molecule has 1 heterocycles. The molecule has 1 unspecified atom stereocenters. The lowest BCUT2D eigenvalue weighted by molar-refractivity contribution is 0.0530. The second-order valence-electron chi connectivity index (χ2n) is 7.63. The van der Waals surface area contributed by atoms with E-state index in [-0.39, 0.29) is 11.9 Å². The van der Waals surface area contributed by atoms with Crippen LogP contribution in [0.1, 0.15) is 56.8 Å². The second-order valence-corrected chi connectivity index (χ2v) is 9.89. The van der Waals surface area contributed by atoms with E-state index < -0.39 is 0 Å². The van der Waals surface area contributed by atoms with Crippen molar-refractivity contribution < 1.29 is 14.7 Å². The number of benzene rings is 2. The summed E-state index contributed by atoms with van der Waals surface area (Å²) in [6.07, 6.45) is 1.37. The summed E-state index contributed by atoms with van der Waals surface area (Å²) >= 11 is 3.14. The number of esters is 1. The van der Waals surface area contributed by atoms with Crippen LogP contribution >= 0.6 is 23.1 Å². The molecular formula is C25H25NO3S2. The summed E-state index contributed by atoms with van der Waals surface area (Å²) in [4.78, 5) is 13.4. The Kier molecular flexibility index (Phi) is 6.78. The predicted molar refractivity (Wildman–Crippen MR) is 127 cm³/mol. The number of thioether (sulfide) groups is 1. The van der Waals surface area contributed by atoms with Crippen molar-refractivity contribution in [3.63, 3.8) is 0 Å². The highest BCUT2D eigenvalue weighted by Crippen LogP contribution is 2.45. The van der Waals surface area contributed by atoms with Crippen LogP contribution in [0.5, 0.6) is 0 Å². The van der Waals surface area contributed by atoms with Crippen LogP contribution in [0, 0.1) is 6.92 Å². The monoisotopic (exact) mass is 451 g/mol. The van der Waals surface area contributed by atoms with Gasteiger partial charge in [-0.05, 0) is 42.9 Å². The van der Waals surface area contributed by atoms with Crippen molar-refractivity contribution >= 4 is 34.8 Å². The molecular weight excluding hydrogens is 426 g/mol. The van der Waals surface area contributed by atoms with Gasteiger partial charge in [-0.2, -0.15) is 0 Å². The third kappa shape index (κ3) is 4.70. The molecule has 0 radical (unpaired) electrons. The van der Waals surface area contributed by atoms with Gasteiger partial charge in [0.1, 0.15) is 4.88 Å². The SMILES string of the molecule is CCOC(=O)c1sc(SCc2ccccc2)c2c1CC(c1ccc(C)cc1)CC2=NO. The van der Waals surface area contributed by atoms with Crippen LogP contribution in [0.4, 0.5) is 0 Å². The standard InChI is InChI=1S/C25H25NO3S2/c1-3-29-24(27)23-20-13-19(18-11-9-16(2)10-12-18)14-21(26-28)22(20)25(31-23)30-15-17-7-5-4-6-8-17/h4-12,19,28H,3,13-15H2,1-2H3. The lowest BCUT2D eigenvalue weighted by Crippen LogP contribution is -2.21. The minimum Gasteiger partial charge on any atom is -0.462 e. The van der Waals surface area contributed by atoms with E-state index in [1.54, 1.807) is 11.8 Å². The molecule has 160 valence electrons. The summed E-state index contributed by atoms with van der Waals surface area (Å²) in [6.45, 7) is 4.22. The Morgan fingerprint density at radius 1 is 1.16 bits per heavy atom. The third-order valence-corrected chi connectivity index (χ3v) is 8.05. The van der Waals surface area contributed by atoms with Crippen LogP contribution in [0.15, 0.2) is 64.0 Å². The topological polar surface area (TPSA) is 58.9 Å². The van der Waals surface area contributed by atoms with E-state index >= 15 is 0 Å². The first kappa shape index (κ1) is 21.7. The minimum absolute atomic E-state index is 0.161. The molecule has 1 N–H and O–H groups in total. The molecule has 0 saturated carbocycles. The first-order valence-corrected chi connectivity index (χ1v) is 12.2.